The monoisotopic (exact) mass is 547 g/mol. The van der Waals surface area contributed by atoms with Gasteiger partial charge in [-0.25, -0.2) is 0 Å². The highest BCUT2D eigenvalue weighted by molar-refractivity contribution is 8.18. The Kier molecular flexibility index (Phi) is 8.30. The summed E-state index contributed by atoms with van der Waals surface area (Å²) >= 11 is 0.804. The van der Waals surface area contributed by atoms with Crippen LogP contribution in [0.2, 0.25) is 0 Å². The van der Waals surface area contributed by atoms with E-state index in [1.54, 1.807) is 24.3 Å². The molecule has 1 fully saturated rings. The van der Waals surface area contributed by atoms with Crippen LogP contribution in [-0.2, 0) is 16.1 Å². The fourth-order valence-electron chi connectivity index (χ4n) is 3.75. The number of rotatable bonds is 9. The number of nitrogens with one attached hydrogen (secondary N) is 1. The molecule has 200 valence electrons. The van der Waals surface area contributed by atoms with Gasteiger partial charge in [0.05, 0.1) is 23.5 Å². The number of anilines is 1. The minimum absolute atomic E-state index is 0.000318. The van der Waals surface area contributed by atoms with Crippen LogP contribution in [0.1, 0.15) is 22.3 Å². The highest BCUT2D eigenvalue weighted by Gasteiger charge is 2.35. The molecular weight excluding hydrogens is 522 g/mol. The summed E-state index contributed by atoms with van der Waals surface area (Å²) in [5.41, 5.74) is 3.99. The molecule has 11 heteroatoms. The normalized spacial score (nSPS) is 14.0. The van der Waals surface area contributed by atoms with Crippen molar-refractivity contribution in [3.8, 4) is 11.5 Å². The third kappa shape index (κ3) is 6.63. The summed E-state index contributed by atoms with van der Waals surface area (Å²) in [7, 11) is 1.46. The van der Waals surface area contributed by atoms with Gasteiger partial charge in [-0.2, -0.15) is 0 Å². The molecule has 10 nitrogen and oxygen atoms in total. The predicted molar refractivity (Wildman–Crippen MR) is 148 cm³/mol. The number of methoxy groups -OCH3 is 1. The van der Waals surface area contributed by atoms with Crippen molar-refractivity contribution in [2.75, 3.05) is 19.0 Å². The molecule has 1 N–H and O–H groups in total. The summed E-state index contributed by atoms with van der Waals surface area (Å²) in [5.74, 6) is -0.0965. The van der Waals surface area contributed by atoms with Crippen LogP contribution in [0.5, 0.6) is 11.5 Å². The third-order valence-electron chi connectivity index (χ3n) is 6.00. The molecule has 1 saturated heterocycles. The summed E-state index contributed by atoms with van der Waals surface area (Å²) in [5, 5.41) is 13.2. The van der Waals surface area contributed by atoms with E-state index in [4.69, 9.17) is 9.47 Å². The third-order valence-corrected chi connectivity index (χ3v) is 6.90. The number of amides is 3. The zero-order valence-corrected chi connectivity index (χ0v) is 22.2. The van der Waals surface area contributed by atoms with Gasteiger partial charge in [0, 0.05) is 17.8 Å². The predicted octanol–water partition coefficient (Wildman–Crippen LogP) is 5.47. The Morgan fingerprint density at radius 2 is 1.77 bits per heavy atom. The van der Waals surface area contributed by atoms with Crippen LogP contribution < -0.4 is 14.8 Å². The van der Waals surface area contributed by atoms with Crippen molar-refractivity contribution in [1.82, 2.24) is 4.90 Å². The second-order valence-electron chi connectivity index (χ2n) is 8.74. The maximum atomic E-state index is 12.9. The number of carbonyl (C=O) groups excluding carboxylic acids is 3. The first-order valence-electron chi connectivity index (χ1n) is 11.8. The first kappa shape index (κ1) is 27.4. The number of nitro benzene ring substituents is 1. The molecule has 1 heterocycles. The molecule has 39 heavy (non-hydrogen) atoms. The van der Waals surface area contributed by atoms with E-state index in [9.17, 15) is 24.5 Å². The number of thioether (sulfide) groups is 1. The molecule has 3 aromatic rings. The lowest BCUT2D eigenvalue weighted by atomic mass is 10.1. The van der Waals surface area contributed by atoms with Crippen LogP contribution in [-0.4, -0.2) is 40.6 Å². The lowest BCUT2D eigenvalue weighted by molar-refractivity contribution is -0.384. The van der Waals surface area contributed by atoms with Crippen molar-refractivity contribution in [3.63, 3.8) is 0 Å². The van der Waals surface area contributed by atoms with Crippen molar-refractivity contribution in [1.29, 1.82) is 0 Å². The topological polar surface area (TPSA) is 128 Å². The van der Waals surface area contributed by atoms with Gasteiger partial charge in [0.15, 0.2) is 18.1 Å². The minimum Gasteiger partial charge on any atom is -0.493 e. The van der Waals surface area contributed by atoms with E-state index in [0.29, 0.717) is 28.3 Å². The van der Waals surface area contributed by atoms with Gasteiger partial charge in [-0.15, -0.1) is 0 Å². The van der Waals surface area contributed by atoms with E-state index in [2.05, 4.69) is 5.32 Å². The van der Waals surface area contributed by atoms with Crippen molar-refractivity contribution in [3.05, 3.63) is 97.9 Å². The Morgan fingerprint density at radius 3 is 2.44 bits per heavy atom. The second kappa shape index (κ2) is 11.8. The number of benzene rings is 3. The van der Waals surface area contributed by atoms with Crippen molar-refractivity contribution >= 4 is 46.3 Å². The molecule has 3 amide bonds. The number of hydrogen-bond donors (Lipinski definition) is 1. The van der Waals surface area contributed by atoms with Gasteiger partial charge < -0.3 is 14.8 Å². The molecule has 0 aromatic heterocycles. The number of carbonyl (C=O) groups is 3. The lowest BCUT2D eigenvalue weighted by Gasteiger charge is -2.13. The standard InChI is InChI=1S/C28H25N3O7S/c1-17-4-8-21(12-18(17)2)29-26(32)16-38-23-11-7-20(13-24(23)37-3)14-25-27(33)30(28(34)39-25)15-19-5-9-22(10-6-19)31(35)36/h4-14H,15-16H2,1-3H3,(H,29,32). The van der Waals surface area contributed by atoms with Gasteiger partial charge in [-0.3, -0.25) is 29.4 Å². The highest BCUT2D eigenvalue weighted by atomic mass is 32.2. The van der Waals surface area contributed by atoms with E-state index < -0.39 is 16.1 Å². The SMILES string of the molecule is COc1cc(C=C2SC(=O)N(Cc3ccc([N+](=O)[O-])cc3)C2=O)ccc1OCC(=O)Nc1ccc(C)c(C)c1. The van der Waals surface area contributed by atoms with Gasteiger partial charge in [0.1, 0.15) is 0 Å². The van der Waals surface area contributed by atoms with Gasteiger partial charge in [-0.1, -0.05) is 24.3 Å². The van der Waals surface area contributed by atoms with Crippen LogP contribution in [0.25, 0.3) is 6.08 Å². The lowest BCUT2D eigenvalue weighted by Crippen LogP contribution is -2.27. The van der Waals surface area contributed by atoms with E-state index in [1.165, 1.54) is 31.4 Å². The first-order chi connectivity index (χ1) is 18.6. The first-order valence-corrected chi connectivity index (χ1v) is 12.6. The van der Waals surface area contributed by atoms with Crippen LogP contribution in [0.3, 0.4) is 0 Å². The summed E-state index contributed by atoms with van der Waals surface area (Å²) in [6.07, 6.45) is 1.57. The van der Waals surface area contributed by atoms with Crippen molar-refractivity contribution < 1.29 is 28.8 Å². The fraction of sp³-hybridized carbons (Fsp3) is 0.179. The Bertz CT molecular complexity index is 1480. The Hall–Kier alpha value is -4.64. The van der Waals surface area contributed by atoms with Crippen LogP contribution in [0.15, 0.2) is 65.6 Å². The maximum Gasteiger partial charge on any atom is 0.293 e. The number of nitro groups is 1. The molecular formula is C28H25N3O7S. The summed E-state index contributed by atoms with van der Waals surface area (Å²) in [6, 6.07) is 16.3. The summed E-state index contributed by atoms with van der Waals surface area (Å²) < 4.78 is 11.1. The van der Waals surface area contributed by atoms with E-state index >= 15 is 0 Å². The quantitative estimate of drug-likeness (QED) is 0.212. The Morgan fingerprint density at radius 1 is 1.03 bits per heavy atom. The molecule has 0 unspecified atom stereocenters. The average molecular weight is 548 g/mol. The van der Waals surface area contributed by atoms with Crippen LogP contribution in [0.4, 0.5) is 16.2 Å². The number of nitrogens with zero attached hydrogens (tertiary/aromatic N) is 2. The summed E-state index contributed by atoms with van der Waals surface area (Å²) in [4.78, 5) is 49.4. The summed E-state index contributed by atoms with van der Waals surface area (Å²) in [6.45, 7) is 3.73. The second-order valence-corrected chi connectivity index (χ2v) is 9.73. The zero-order valence-electron chi connectivity index (χ0n) is 21.4. The van der Waals surface area contributed by atoms with Gasteiger partial charge in [0.25, 0.3) is 22.7 Å². The molecule has 0 aliphatic carbocycles. The fourth-order valence-corrected chi connectivity index (χ4v) is 4.58. The van der Waals surface area contributed by atoms with Crippen LogP contribution in [0, 0.1) is 24.0 Å². The minimum atomic E-state index is -0.516. The number of aryl methyl sites for hydroxylation is 2. The highest BCUT2D eigenvalue weighted by Crippen LogP contribution is 2.35. The molecule has 4 rings (SSSR count). The Balaban J connectivity index is 1.40. The molecule has 0 saturated carbocycles. The molecule has 3 aromatic carbocycles. The van der Waals surface area contributed by atoms with Gasteiger partial charge in [-0.05, 0) is 78.2 Å². The molecule has 0 spiro atoms. The maximum absolute atomic E-state index is 12.9. The zero-order chi connectivity index (χ0) is 28.1. The molecule has 1 aliphatic heterocycles. The van der Waals surface area contributed by atoms with Crippen molar-refractivity contribution in [2.45, 2.75) is 20.4 Å². The smallest absolute Gasteiger partial charge is 0.293 e. The van der Waals surface area contributed by atoms with Crippen molar-refractivity contribution in [2.24, 2.45) is 0 Å². The number of hydrogen-bond acceptors (Lipinski definition) is 8. The number of imide groups is 1. The number of non-ortho nitro benzene ring substituents is 1. The molecule has 0 radical (unpaired) electrons. The van der Waals surface area contributed by atoms with Gasteiger partial charge >= 0.3 is 0 Å². The molecule has 0 atom stereocenters. The number of ether oxygens (including phenoxy) is 2. The van der Waals surface area contributed by atoms with Crippen LogP contribution >= 0.6 is 11.8 Å². The molecule has 0 bridgehead atoms. The average Bonchev–Trinajstić information content (AvgIpc) is 3.17. The van der Waals surface area contributed by atoms with E-state index in [1.807, 2.05) is 32.0 Å². The van der Waals surface area contributed by atoms with Gasteiger partial charge in [0.2, 0.25) is 0 Å². The molecule has 1 aliphatic rings. The van der Waals surface area contributed by atoms with E-state index in [0.717, 1.165) is 27.8 Å². The van der Waals surface area contributed by atoms with E-state index in [-0.39, 0.29) is 29.7 Å². The Labute approximate surface area is 228 Å². The largest absolute Gasteiger partial charge is 0.493 e.